The first kappa shape index (κ1) is 9.27. The van der Waals surface area contributed by atoms with Crippen molar-refractivity contribution in [1.29, 1.82) is 0 Å². The summed E-state index contributed by atoms with van der Waals surface area (Å²) in [6.07, 6.45) is 4.68. The van der Waals surface area contributed by atoms with Crippen molar-refractivity contribution in [2.45, 2.75) is 12.8 Å². The van der Waals surface area contributed by atoms with E-state index in [0.29, 0.717) is 13.0 Å². The molecule has 0 aliphatic carbocycles. The van der Waals surface area contributed by atoms with Crippen LogP contribution in [0.15, 0.2) is 24.5 Å². The highest BCUT2D eigenvalue weighted by molar-refractivity contribution is 5.83. The molecule has 1 aromatic carbocycles. The van der Waals surface area contributed by atoms with Gasteiger partial charge in [-0.15, -0.1) is 0 Å². The summed E-state index contributed by atoms with van der Waals surface area (Å²) in [7, 11) is 0. The number of carbonyl (C=O) groups excluding carboxylic acids is 1. The third-order valence-corrected chi connectivity index (χ3v) is 2.86. The molecule has 0 bridgehead atoms. The molecule has 3 rings (SSSR count). The summed E-state index contributed by atoms with van der Waals surface area (Å²) >= 11 is 0. The first-order valence-electron chi connectivity index (χ1n) is 5.32. The minimum Gasteiger partial charge on any atom is -0.355 e. The number of aromatic nitrogens is 2. The predicted molar refractivity (Wildman–Crippen MR) is 60.0 cm³/mol. The van der Waals surface area contributed by atoms with Gasteiger partial charge < -0.3 is 5.32 Å². The Labute approximate surface area is 92.7 Å². The lowest BCUT2D eigenvalue weighted by Gasteiger charge is -2.05. The number of carbonyl (C=O) groups is 1. The van der Waals surface area contributed by atoms with Crippen molar-refractivity contribution < 1.29 is 4.79 Å². The lowest BCUT2D eigenvalue weighted by molar-refractivity contribution is -0.120. The van der Waals surface area contributed by atoms with Gasteiger partial charge in [0.25, 0.3) is 0 Å². The average Bonchev–Trinajstić information content (AvgIpc) is 2.46. The lowest BCUT2D eigenvalue weighted by Crippen LogP contribution is -2.24. The van der Waals surface area contributed by atoms with E-state index in [2.05, 4.69) is 15.3 Å². The van der Waals surface area contributed by atoms with Crippen molar-refractivity contribution in [1.82, 2.24) is 15.3 Å². The fraction of sp³-hybridized carbons (Fsp3) is 0.250. The molecule has 1 aliphatic rings. The summed E-state index contributed by atoms with van der Waals surface area (Å²) in [4.78, 5) is 20.0. The molecular formula is C12H11N3O. The second kappa shape index (κ2) is 3.56. The highest BCUT2D eigenvalue weighted by atomic mass is 16.1. The molecule has 0 spiro atoms. The van der Waals surface area contributed by atoms with Crippen molar-refractivity contribution in [2.24, 2.45) is 0 Å². The van der Waals surface area contributed by atoms with Crippen LogP contribution in [0, 0.1) is 0 Å². The van der Waals surface area contributed by atoms with E-state index in [4.69, 9.17) is 0 Å². The van der Waals surface area contributed by atoms with Gasteiger partial charge in [0.1, 0.15) is 0 Å². The number of hydrogen-bond donors (Lipinski definition) is 1. The van der Waals surface area contributed by atoms with Gasteiger partial charge in [-0.05, 0) is 29.7 Å². The highest BCUT2D eigenvalue weighted by Gasteiger charge is 2.14. The highest BCUT2D eigenvalue weighted by Crippen LogP contribution is 2.19. The molecule has 0 radical (unpaired) electrons. The van der Waals surface area contributed by atoms with Crippen LogP contribution in [0.2, 0.25) is 0 Å². The maximum absolute atomic E-state index is 11.4. The van der Waals surface area contributed by atoms with Crippen LogP contribution in [0.1, 0.15) is 11.1 Å². The molecule has 4 heteroatoms. The Bertz CT molecular complexity index is 565. The first-order valence-corrected chi connectivity index (χ1v) is 5.32. The van der Waals surface area contributed by atoms with Gasteiger partial charge in [0.2, 0.25) is 5.91 Å². The number of amides is 1. The van der Waals surface area contributed by atoms with Crippen LogP contribution >= 0.6 is 0 Å². The molecule has 0 unspecified atom stereocenters. The van der Waals surface area contributed by atoms with Crippen molar-refractivity contribution in [3.05, 3.63) is 35.7 Å². The van der Waals surface area contributed by atoms with Gasteiger partial charge >= 0.3 is 0 Å². The van der Waals surface area contributed by atoms with Crippen molar-refractivity contribution in [2.75, 3.05) is 6.54 Å². The molecule has 0 saturated carbocycles. The van der Waals surface area contributed by atoms with Gasteiger partial charge in [-0.2, -0.15) is 0 Å². The fourth-order valence-corrected chi connectivity index (χ4v) is 2.07. The molecular weight excluding hydrogens is 202 g/mol. The molecule has 2 aromatic rings. The molecule has 4 nitrogen and oxygen atoms in total. The zero-order chi connectivity index (χ0) is 11.0. The Hall–Kier alpha value is -1.97. The van der Waals surface area contributed by atoms with E-state index in [1.165, 1.54) is 5.56 Å². The van der Waals surface area contributed by atoms with Crippen LogP contribution in [0.3, 0.4) is 0 Å². The quantitative estimate of drug-likeness (QED) is 0.705. The maximum Gasteiger partial charge on any atom is 0.224 e. The Balaban J connectivity index is 2.20. The predicted octanol–water partition coefficient (Wildman–Crippen LogP) is 0.845. The second-order valence-electron chi connectivity index (χ2n) is 3.94. The average molecular weight is 213 g/mol. The Morgan fingerprint density at radius 2 is 1.75 bits per heavy atom. The molecule has 80 valence electrons. The van der Waals surface area contributed by atoms with E-state index in [1.807, 2.05) is 12.1 Å². The molecule has 1 amide bonds. The molecule has 1 aromatic heterocycles. The number of fused-ring (bicyclic) bond motifs is 2. The van der Waals surface area contributed by atoms with Gasteiger partial charge in [-0.3, -0.25) is 14.8 Å². The molecule has 16 heavy (non-hydrogen) atoms. The molecule has 2 heterocycles. The number of hydrogen-bond acceptors (Lipinski definition) is 3. The van der Waals surface area contributed by atoms with Crippen LogP contribution in [0.25, 0.3) is 11.0 Å². The van der Waals surface area contributed by atoms with Gasteiger partial charge in [0.15, 0.2) is 0 Å². The van der Waals surface area contributed by atoms with Crippen molar-refractivity contribution in [3.63, 3.8) is 0 Å². The van der Waals surface area contributed by atoms with Gasteiger partial charge in [-0.1, -0.05) is 0 Å². The number of rotatable bonds is 0. The summed E-state index contributed by atoms with van der Waals surface area (Å²) in [6.45, 7) is 0.706. The van der Waals surface area contributed by atoms with E-state index in [-0.39, 0.29) is 5.91 Å². The number of nitrogens with zero attached hydrogens (tertiary/aromatic N) is 2. The Morgan fingerprint density at radius 3 is 2.50 bits per heavy atom. The summed E-state index contributed by atoms with van der Waals surface area (Å²) in [5.41, 5.74) is 4.03. The third kappa shape index (κ3) is 1.52. The van der Waals surface area contributed by atoms with E-state index >= 15 is 0 Å². The van der Waals surface area contributed by atoms with Crippen LogP contribution in [0.5, 0.6) is 0 Å². The van der Waals surface area contributed by atoms with Gasteiger partial charge in [0.05, 0.1) is 17.5 Å². The summed E-state index contributed by atoms with van der Waals surface area (Å²) in [5, 5.41) is 2.87. The van der Waals surface area contributed by atoms with E-state index in [1.54, 1.807) is 12.4 Å². The maximum atomic E-state index is 11.4. The monoisotopic (exact) mass is 213 g/mol. The fourth-order valence-electron chi connectivity index (χ4n) is 2.07. The SMILES string of the molecule is O=C1Cc2cc3nccnc3cc2CCN1. The van der Waals surface area contributed by atoms with E-state index in [9.17, 15) is 4.79 Å². The zero-order valence-electron chi connectivity index (χ0n) is 8.73. The van der Waals surface area contributed by atoms with Crippen molar-refractivity contribution >= 4 is 16.9 Å². The van der Waals surface area contributed by atoms with E-state index in [0.717, 1.165) is 23.0 Å². The summed E-state index contributed by atoms with van der Waals surface area (Å²) in [5.74, 6) is 0.0852. The molecule has 1 aliphatic heterocycles. The topological polar surface area (TPSA) is 54.9 Å². The Morgan fingerprint density at radius 1 is 1.06 bits per heavy atom. The molecule has 0 fully saturated rings. The third-order valence-electron chi connectivity index (χ3n) is 2.86. The van der Waals surface area contributed by atoms with Crippen molar-refractivity contribution in [3.8, 4) is 0 Å². The summed E-state index contributed by atoms with van der Waals surface area (Å²) in [6, 6.07) is 4.01. The molecule has 1 N–H and O–H groups in total. The normalized spacial score (nSPS) is 15.4. The van der Waals surface area contributed by atoms with Crippen LogP contribution in [0.4, 0.5) is 0 Å². The lowest BCUT2D eigenvalue weighted by atomic mass is 10.0. The van der Waals surface area contributed by atoms with Crippen LogP contribution in [-0.4, -0.2) is 22.4 Å². The minimum absolute atomic E-state index is 0.0852. The largest absolute Gasteiger partial charge is 0.355 e. The minimum atomic E-state index is 0.0852. The van der Waals surface area contributed by atoms with Gasteiger partial charge in [-0.25, -0.2) is 0 Å². The molecule has 0 atom stereocenters. The standard InChI is InChI=1S/C12H11N3O/c16-12-7-9-6-11-10(13-3-4-14-11)5-8(9)1-2-15-12/h3-6H,1-2,7H2,(H,15,16). The van der Waals surface area contributed by atoms with Crippen LogP contribution in [-0.2, 0) is 17.6 Å². The smallest absolute Gasteiger partial charge is 0.224 e. The summed E-state index contributed by atoms with van der Waals surface area (Å²) < 4.78 is 0. The van der Waals surface area contributed by atoms with E-state index < -0.39 is 0 Å². The zero-order valence-corrected chi connectivity index (χ0v) is 8.73. The number of nitrogens with one attached hydrogen (secondary N) is 1. The van der Waals surface area contributed by atoms with Crippen LogP contribution < -0.4 is 5.32 Å². The second-order valence-corrected chi connectivity index (χ2v) is 3.94. The number of benzene rings is 1. The molecule has 0 saturated heterocycles. The van der Waals surface area contributed by atoms with Gasteiger partial charge in [0, 0.05) is 18.9 Å². The Kier molecular flexibility index (Phi) is 2.06. The first-order chi connectivity index (χ1) is 7.83.